The number of amides is 2. The maximum absolute atomic E-state index is 12.3. The number of carbonyl (C=O) groups is 1. The average Bonchev–Trinajstić information content (AvgIpc) is 3.22. The van der Waals surface area contributed by atoms with E-state index < -0.39 is 16.1 Å². The number of hydroxylamine groups is 2. The van der Waals surface area contributed by atoms with Crippen molar-refractivity contribution in [1.82, 2.24) is 9.79 Å². The first-order valence-corrected chi connectivity index (χ1v) is 10.8. The zero-order valence-electron chi connectivity index (χ0n) is 16.4. The van der Waals surface area contributed by atoms with Crippen molar-refractivity contribution in [1.29, 1.82) is 0 Å². The standard InChI is InChI=1S/C18H27N3O4S.K/c1-21(25-2)10-5-11-26(23,24)20-18(22)19-17-15-8-3-6-13(15)12-14-7-4-9-16(14)17;/h12H,3-11H2,1-2H3,(H2,19,20,22);. The molecule has 0 bridgehead atoms. The SMILES string of the molecule is CON(C)CCCS(=O)(=O)NC(=O)Nc1c2c(cc3c1CCC3)CCC2.[K]. The van der Waals surface area contributed by atoms with Crippen LogP contribution in [0.3, 0.4) is 0 Å². The van der Waals surface area contributed by atoms with Crippen LogP contribution in [0, 0.1) is 0 Å². The first kappa shape index (κ1) is 23.3. The van der Waals surface area contributed by atoms with Crippen LogP contribution < -0.4 is 10.0 Å². The summed E-state index contributed by atoms with van der Waals surface area (Å²) in [5, 5.41) is 4.39. The minimum atomic E-state index is -3.68. The minimum Gasteiger partial charge on any atom is -0.307 e. The van der Waals surface area contributed by atoms with E-state index in [0.29, 0.717) is 13.0 Å². The number of fused-ring (bicyclic) bond motifs is 2. The molecule has 27 heavy (non-hydrogen) atoms. The molecule has 0 aromatic heterocycles. The van der Waals surface area contributed by atoms with Crippen molar-refractivity contribution < 1.29 is 18.0 Å². The van der Waals surface area contributed by atoms with Crippen LogP contribution in [-0.4, -0.2) is 97.4 Å². The zero-order valence-corrected chi connectivity index (χ0v) is 20.4. The van der Waals surface area contributed by atoms with Gasteiger partial charge in [-0.2, -0.15) is 5.06 Å². The fourth-order valence-corrected chi connectivity index (χ4v) is 4.81. The van der Waals surface area contributed by atoms with E-state index >= 15 is 0 Å². The van der Waals surface area contributed by atoms with Gasteiger partial charge in [-0.25, -0.2) is 17.9 Å². The van der Waals surface area contributed by atoms with Crippen LogP contribution in [-0.2, 0) is 40.5 Å². The normalized spacial score (nSPS) is 15.2. The van der Waals surface area contributed by atoms with Crippen molar-refractivity contribution in [3.8, 4) is 0 Å². The van der Waals surface area contributed by atoms with E-state index in [1.54, 1.807) is 12.1 Å². The Morgan fingerprint density at radius 2 is 1.74 bits per heavy atom. The number of nitrogens with one attached hydrogen (secondary N) is 2. The average molecular weight is 421 g/mol. The monoisotopic (exact) mass is 420 g/mol. The largest absolute Gasteiger partial charge is 0.332 e. The second kappa shape index (κ2) is 10.2. The molecule has 2 N–H and O–H groups in total. The molecular weight excluding hydrogens is 393 g/mol. The Bertz CT molecular complexity index is 766. The van der Waals surface area contributed by atoms with Gasteiger partial charge in [-0.05, 0) is 67.2 Å². The third-order valence-electron chi connectivity index (χ3n) is 5.16. The summed E-state index contributed by atoms with van der Waals surface area (Å²) in [7, 11) is -0.427. The molecule has 1 aromatic carbocycles. The van der Waals surface area contributed by atoms with Crippen molar-refractivity contribution in [2.24, 2.45) is 0 Å². The van der Waals surface area contributed by atoms with E-state index in [1.165, 1.54) is 29.4 Å². The number of anilines is 1. The van der Waals surface area contributed by atoms with Crippen LogP contribution in [0.2, 0.25) is 0 Å². The van der Waals surface area contributed by atoms with E-state index in [4.69, 9.17) is 4.84 Å². The summed E-state index contributed by atoms with van der Waals surface area (Å²) in [6, 6.07) is 1.61. The van der Waals surface area contributed by atoms with Crippen LogP contribution in [0.15, 0.2) is 6.07 Å². The molecule has 2 aliphatic carbocycles. The molecule has 2 amide bonds. The van der Waals surface area contributed by atoms with Crippen molar-refractivity contribution >= 4 is 73.1 Å². The van der Waals surface area contributed by atoms with E-state index in [9.17, 15) is 13.2 Å². The minimum absolute atomic E-state index is 0. The molecule has 7 nitrogen and oxygen atoms in total. The Labute approximate surface area is 204 Å². The molecule has 1 radical (unpaired) electrons. The van der Waals surface area contributed by atoms with Crippen molar-refractivity contribution in [2.45, 2.75) is 44.9 Å². The number of nitrogens with zero attached hydrogens (tertiary/aromatic N) is 1. The van der Waals surface area contributed by atoms with Crippen LogP contribution in [0.1, 0.15) is 41.5 Å². The van der Waals surface area contributed by atoms with Gasteiger partial charge in [-0.3, -0.25) is 0 Å². The van der Waals surface area contributed by atoms with Gasteiger partial charge in [0.05, 0.1) is 12.9 Å². The van der Waals surface area contributed by atoms with E-state index in [0.717, 1.165) is 44.2 Å². The van der Waals surface area contributed by atoms with Gasteiger partial charge >= 0.3 is 6.03 Å². The number of aryl methyl sites for hydroxylation is 2. The molecule has 0 atom stereocenters. The summed E-state index contributed by atoms with van der Waals surface area (Å²) in [4.78, 5) is 17.3. The summed E-state index contributed by atoms with van der Waals surface area (Å²) in [6.45, 7) is 0.471. The van der Waals surface area contributed by atoms with Gasteiger partial charge in [-0.15, -0.1) is 0 Å². The Kier molecular flexibility index (Phi) is 8.75. The van der Waals surface area contributed by atoms with E-state index in [2.05, 4.69) is 16.1 Å². The van der Waals surface area contributed by atoms with Gasteiger partial charge < -0.3 is 10.2 Å². The third kappa shape index (κ3) is 5.99. The van der Waals surface area contributed by atoms with Crippen molar-refractivity contribution in [3.05, 3.63) is 28.3 Å². The molecule has 1 aromatic rings. The predicted octanol–water partition coefficient (Wildman–Crippen LogP) is 1.62. The predicted molar refractivity (Wildman–Crippen MR) is 106 cm³/mol. The molecule has 0 saturated heterocycles. The van der Waals surface area contributed by atoms with Crippen LogP contribution >= 0.6 is 0 Å². The Morgan fingerprint density at radius 3 is 2.30 bits per heavy atom. The van der Waals surface area contributed by atoms with Crippen LogP contribution in [0.5, 0.6) is 0 Å². The molecule has 2 aliphatic rings. The molecule has 0 heterocycles. The second-order valence-electron chi connectivity index (χ2n) is 7.00. The molecular formula is C18H27KN3O4S. The van der Waals surface area contributed by atoms with Crippen LogP contribution in [0.25, 0.3) is 0 Å². The topological polar surface area (TPSA) is 87.7 Å². The molecule has 0 fully saturated rings. The Morgan fingerprint density at radius 1 is 1.15 bits per heavy atom. The maximum atomic E-state index is 12.3. The number of carbonyl (C=O) groups excluding carboxylic acids is 1. The van der Waals surface area contributed by atoms with Crippen molar-refractivity contribution in [3.63, 3.8) is 0 Å². The van der Waals surface area contributed by atoms with E-state index in [-0.39, 0.29) is 57.1 Å². The maximum Gasteiger partial charge on any atom is 0.332 e. The summed E-state index contributed by atoms with van der Waals surface area (Å²) in [5.41, 5.74) is 5.80. The Balaban J connectivity index is 0.00000261. The summed E-state index contributed by atoms with van der Waals surface area (Å²) >= 11 is 0. The number of urea groups is 1. The molecule has 0 saturated carbocycles. The van der Waals surface area contributed by atoms with Gasteiger partial charge in [0, 0.05) is 70.7 Å². The smallest absolute Gasteiger partial charge is 0.307 e. The fraction of sp³-hybridized carbons (Fsp3) is 0.611. The number of hydrogen-bond acceptors (Lipinski definition) is 5. The van der Waals surface area contributed by atoms with Crippen molar-refractivity contribution in [2.75, 3.05) is 31.8 Å². The third-order valence-corrected chi connectivity index (χ3v) is 6.48. The first-order valence-electron chi connectivity index (χ1n) is 9.13. The van der Waals surface area contributed by atoms with Gasteiger partial charge in [0.2, 0.25) is 10.0 Å². The molecule has 0 spiro atoms. The molecule has 0 aliphatic heterocycles. The van der Waals surface area contributed by atoms with Gasteiger partial charge in [-0.1, -0.05) is 6.07 Å². The van der Waals surface area contributed by atoms with E-state index in [1.807, 2.05) is 0 Å². The van der Waals surface area contributed by atoms with Crippen LogP contribution in [0.4, 0.5) is 10.5 Å². The second-order valence-corrected chi connectivity index (χ2v) is 8.84. The number of sulfonamides is 1. The number of rotatable bonds is 7. The summed E-state index contributed by atoms with van der Waals surface area (Å²) < 4.78 is 26.4. The zero-order chi connectivity index (χ0) is 18.7. The molecule has 145 valence electrons. The van der Waals surface area contributed by atoms with Gasteiger partial charge in [0.25, 0.3) is 0 Å². The number of hydrogen-bond donors (Lipinski definition) is 2. The first-order chi connectivity index (χ1) is 12.4. The quantitative estimate of drug-likeness (QED) is 0.517. The molecule has 9 heteroatoms. The Hall–Kier alpha value is -0.00364. The van der Waals surface area contributed by atoms with Gasteiger partial charge in [0.15, 0.2) is 0 Å². The summed E-state index contributed by atoms with van der Waals surface area (Å²) in [5.74, 6) is -0.126. The van der Waals surface area contributed by atoms with Gasteiger partial charge in [0.1, 0.15) is 0 Å². The summed E-state index contributed by atoms with van der Waals surface area (Å²) in [6.07, 6.45) is 6.49. The number of benzene rings is 1. The fourth-order valence-electron chi connectivity index (χ4n) is 3.87. The molecule has 3 rings (SSSR count). The molecule has 0 unspecified atom stereocenters.